The summed E-state index contributed by atoms with van der Waals surface area (Å²) in [5.41, 5.74) is 0. The fourth-order valence-corrected chi connectivity index (χ4v) is 0.254. The van der Waals surface area contributed by atoms with E-state index in [0.29, 0.717) is 6.54 Å². The maximum atomic E-state index is 11.1. The molecule has 0 aliphatic rings. The number of alkyl halides is 2. The van der Waals surface area contributed by atoms with Crippen molar-refractivity contribution in [3.8, 4) is 0 Å². The molecule has 0 saturated carbocycles. The minimum Gasteiger partial charge on any atom is -0.319 e. The first-order valence-electron chi connectivity index (χ1n) is 2.56. The van der Waals surface area contributed by atoms with Gasteiger partial charge in [0.2, 0.25) is 0 Å². The van der Waals surface area contributed by atoms with Crippen LogP contribution in [0, 0.1) is 0 Å². The summed E-state index contributed by atoms with van der Waals surface area (Å²) >= 11 is 0. The first kappa shape index (κ1) is 9.09. The molecule has 60 valence electrons. The van der Waals surface area contributed by atoms with Gasteiger partial charge in [0.15, 0.2) is 0 Å². The number of carbonyl (C=O) groups excluding carboxylic acids is 1. The van der Waals surface area contributed by atoms with Gasteiger partial charge in [0.1, 0.15) is 0 Å². The SMILES string of the molecule is CCNC(=O)OOC(F)F. The van der Waals surface area contributed by atoms with Crippen LogP contribution in [0.2, 0.25) is 0 Å². The van der Waals surface area contributed by atoms with E-state index in [1.807, 2.05) is 0 Å². The minimum absolute atomic E-state index is 0.297. The summed E-state index contributed by atoms with van der Waals surface area (Å²) in [6.07, 6.45) is -1.03. The Labute approximate surface area is 56.0 Å². The van der Waals surface area contributed by atoms with E-state index in [0.717, 1.165) is 0 Å². The molecule has 1 N–H and O–H groups in total. The van der Waals surface area contributed by atoms with Gasteiger partial charge in [-0.25, -0.2) is 4.79 Å². The Kier molecular flexibility index (Phi) is 4.47. The number of halogens is 2. The van der Waals surface area contributed by atoms with E-state index in [9.17, 15) is 13.6 Å². The summed E-state index contributed by atoms with van der Waals surface area (Å²) in [4.78, 5) is 16.9. The van der Waals surface area contributed by atoms with Gasteiger partial charge in [0.05, 0.1) is 0 Å². The van der Waals surface area contributed by atoms with Gasteiger partial charge in [-0.3, -0.25) is 4.89 Å². The van der Waals surface area contributed by atoms with Gasteiger partial charge >= 0.3 is 12.7 Å². The largest absolute Gasteiger partial charge is 0.438 e. The average molecular weight is 155 g/mol. The molecule has 0 bridgehead atoms. The molecule has 0 saturated heterocycles. The van der Waals surface area contributed by atoms with Gasteiger partial charge < -0.3 is 5.32 Å². The zero-order valence-electron chi connectivity index (χ0n) is 5.27. The molecular formula is C4H7F2NO3. The number of hydrogen-bond acceptors (Lipinski definition) is 3. The van der Waals surface area contributed by atoms with Crippen LogP contribution in [0.3, 0.4) is 0 Å². The van der Waals surface area contributed by atoms with Crippen molar-refractivity contribution in [1.82, 2.24) is 5.32 Å². The van der Waals surface area contributed by atoms with Crippen LogP contribution in [0.1, 0.15) is 6.92 Å². The lowest BCUT2D eigenvalue weighted by Crippen LogP contribution is -2.24. The van der Waals surface area contributed by atoms with Crippen molar-refractivity contribution in [2.24, 2.45) is 0 Å². The van der Waals surface area contributed by atoms with Gasteiger partial charge in [-0.2, -0.15) is 8.78 Å². The highest BCUT2D eigenvalue weighted by atomic mass is 19.3. The summed E-state index contributed by atoms with van der Waals surface area (Å²) in [7, 11) is 0. The lowest BCUT2D eigenvalue weighted by Gasteiger charge is -2.00. The first-order chi connectivity index (χ1) is 4.66. The maximum Gasteiger partial charge on any atom is 0.438 e. The Balaban J connectivity index is 3.22. The van der Waals surface area contributed by atoms with Gasteiger partial charge in [-0.15, -0.1) is 4.89 Å². The molecule has 1 amide bonds. The van der Waals surface area contributed by atoms with Crippen molar-refractivity contribution in [3.63, 3.8) is 0 Å². The Bertz CT molecular complexity index is 109. The molecule has 10 heavy (non-hydrogen) atoms. The third-order valence-electron chi connectivity index (χ3n) is 0.518. The summed E-state index contributed by atoms with van der Waals surface area (Å²) < 4.78 is 22.2. The Morgan fingerprint density at radius 1 is 1.70 bits per heavy atom. The van der Waals surface area contributed by atoms with Gasteiger partial charge in [-0.05, 0) is 6.92 Å². The quantitative estimate of drug-likeness (QED) is 0.486. The number of hydrogen-bond donors (Lipinski definition) is 1. The number of nitrogens with one attached hydrogen (secondary N) is 1. The highest BCUT2D eigenvalue weighted by Gasteiger charge is 2.06. The molecule has 0 rings (SSSR count). The van der Waals surface area contributed by atoms with Crippen LogP contribution in [-0.2, 0) is 9.78 Å². The molecule has 0 spiro atoms. The van der Waals surface area contributed by atoms with E-state index in [2.05, 4.69) is 15.1 Å². The standard InChI is InChI=1S/C4H7F2NO3/c1-2-7-4(8)10-9-3(5)6/h3H,2H2,1H3,(H,7,8). The highest BCUT2D eigenvalue weighted by Crippen LogP contribution is 1.94. The van der Waals surface area contributed by atoms with E-state index < -0.39 is 12.7 Å². The Morgan fingerprint density at radius 2 is 2.30 bits per heavy atom. The van der Waals surface area contributed by atoms with Gasteiger partial charge in [0.25, 0.3) is 0 Å². The smallest absolute Gasteiger partial charge is 0.319 e. The van der Waals surface area contributed by atoms with Crippen LogP contribution in [0.15, 0.2) is 0 Å². The first-order valence-corrected chi connectivity index (χ1v) is 2.56. The molecule has 0 aromatic carbocycles. The van der Waals surface area contributed by atoms with Crippen molar-refractivity contribution in [2.45, 2.75) is 13.5 Å². The second-order valence-corrected chi connectivity index (χ2v) is 1.26. The molecule has 4 nitrogen and oxygen atoms in total. The molecule has 0 unspecified atom stereocenters. The third-order valence-corrected chi connectivity index (χ3v) is 0.518. The molecule has 0 atom stereocenters. The zero-order chi connectivity index (χ0) is 7.98. The topological polar surface area (TPSA) is 47.6 Å². The summed E-state index contributed by atoms with van der Waals surface area (Å²) in [5.74, 6) is 0. The van der Waals surface area contributed by atoms with E-state index >= 15 is 0 Å². The molecule has 0 fully saturated rings. The third kappa shape index (κ3) is 5.23. The zero-order valence-corrected chi connectivity index (χ0v) is 5.27. The molecule has 0 aliphatic heterocycles. The van der Waals surface area contributed by atoms with Crippen molar-refractivity contribution in [2.75, 3.05) is 6.54 Å². The molecule has 0 aromatic rings. The molecule has 0 aliphatic carbocycles. The van der Waals surface area contributed by atoms with Crippen molar-refractivity contribution in [3.05, 3.63) is 0 Å². The normalized spacial score (nSPS) is 9.60. The fraction of sp³-hybridized carbons (Fsp3) is 0.750. The molecule has 6 heteroatoms. The fourth-order valence-electron chi connectivity index (χ4n) is 0.254. The second kappa shape index (κ2) is 4.92. The molecular weight excluding hydrogens is 148 g/mol. The van der Waals surface area contributed by atoms with Gasteiger partial charge in [-0.1, -0.05) is 0 Å². The number of carbonyl (C=O) groups is 1. The molecule has 0 heterocycles. The van der Waals surface area contributed by atoms with E-state index in [1.54, 1.807) is 6.92 Å². The van der Waals surface area contributed by atoms with Crippen LogP contribution in [0.4, 0.5) is 13.6 Å². The maximum absolute atomic E-state index is 11.1. The highest BCUT2D eigenvalue weighted by molar-refractivity contribution is 5.66. The van der Waals surface area contributed by atoms with E-state index in [-0.39, 0.29) is 0 Å². The lowest BCUT2D eigenvalue weighted by molar-refractivity contribution is -0.343. The average Bonchev–Trinajstić information content (AvgIpc) is 1.85. The molecule has 0 radical (unpaired) electrons. The Morgan fingerprint density at radius 3 is 2.70 bits per heavy atom. The van der Waals surface area contributed by atoms with Crippen molar-refractivity contribution < 1.29 is 23.4 Å². The summed E-state index contributed by atoms with van der Waals surface area (Å²) in [5, 5.41) is 2.08. The Hall–Kier alpha value is -0.910. The minimum atomic E-state index is -3.09. The monoisotopic (exact) mass is 155 g/mol. The van der Waals surface area contributed by atoms with Crippen LogP contribution in [0.5, 0.6) is 0 Å². The number of rotatable bonds is 3. The summed E-state index contributed by atoms with van der Waals surface area (Å²) in [6, 6.07) is 0. The summed E-state index contributed by atoms with van der Waals surface area (Å²) in [6.45, 7) is -1.18. The van der Waals surface area contributed by atoms with E-state index in [1.165, 1.54) is 0 Å². The number of amides is 1. The van der Waals surface area contributed by atoms with Crippen molar-refractivity contribution >= 4 is 6.09 Å². The predicted octanol–water partition coefficient (Wildman–Crippen LogP) is 0.887. The van der Waals surface area contributed by atoms with Crippen LogP contribution in [-0.4, -0.2) is 19.2 Å². The van der Waals surface area contributed by atoms with Crippen LogP contribution >= 0.6 is 0 Å². The molecule has 0 aromatic heterocycles. The predicted molar refractivity (Wildman–Crippen MR) is 27.2 cm³/mol. The lowest BCUT2D eigenvalue weighted by atomic mass is 10.8. The van der Waals surface area contributed by atoms with Crippen molar-refractivity contribution in [1.29, 1.82) is 0 Å². The van der Waals surface area contributed by atoms with Gasteiger partial charge in [0, 0.05) is 6.54 Å². The van der Waals surface area contributed by atoms with E-state index in [4.69, 9.17) is 0 Å². The second-order valence-electron chi connectivity index (χ2n) is 1.26. The van der Waals surface area contributed by atoms with Crippen LogP contribution < -0.4 is 5.32 Å². The van der Waals surface area contributed by atoms with Crippen LogP contribution in [0.25, 0.3) is 0 Å².